The van der Waals surface area contributed by atoms with Crippen molar-refractivity contribution in [2.75, 3.05) is 37.6 Å². The van der Waals surface area contributed by atoms with Crippen LogP contribution >= 0.6 is 0 Å². The van der Waals surface area contributed by atoms with Gasteiger partial charge >= 0.3 is 0 Å². The third kappa shape index (κ3) is 4.64. The molecule has 0 aliphatic carbocycles. The molecule has 1 aromatic heterocycles. The Bertz CT molecular complexity index is 813. The molecule has 0 unspecified atom stereocenters. The average molecular weight is 366 g/mol. The van der Waals surface area contributed by atoms with E-state index in [9.17, 15) is 9.59 Å². The van der Waals surface area contributed by atoms with Crippen molar-refractivity contribution < 1.29 is 9.59 Å². The maximum atomic E-state index is 12.8. The highest BCUT2D eigenvalue weighted by atomic mass is 16.2. The van der Waals surface area contributed by atoms with Crippen LogP contribution in [-0.2, 0) is 0 Å². The van der Waals surface area contributed by atoms with Gasteiger partial charge in [-0.1, -0.05) is 19.1 Å². The topological polar surface area (TPSA) is 65.5 Å². The smallest absolute Gasteiger partial charge is 0.255 e. The lowest BCUT2D eigenvalue weighted by Gasteiger charge is -2.36. The van der Waals surface area contributed by atoms with Crippen molar-refractivity contribution in [3.63, 3.8) is 0 Å². The van der Waals surface area contributed by atoms with E-state index in [1.807, 2.05) is 11.8 Å². The Morgan fingerprint density at radius 3 is 2.52 bits per heavy atom. The molecule has 6 heteroatoms. The van der Waals surface area contributed by atoms with Gasteiger partial charge in [-0.3, -0.25) is 14.6 Å². The van der Waals surface area contributed by atoms with Crippen LogP contribution in [0.4, 0.5) is 5.69 Å². The maximum absolute atomic E-state index is 12.8. The number of hydrogen-bond donors (Lipinski definition) is 1. The molecule has 3 rings (SSSR count). The van der Waals surface area contributed by atoms with E-state index in [1.54, 1.807) is 6.07 Å². The second kappa shape index (κ2) is 8.66. The molecule has 0 radical (unpaired) electrons. The normalized spacial score (nSPS) is 14.1. The third-order valence-corrected chi connectivity index (χ3v) is 4.72. The summed E-state index contributed by atoms with van der Waals surface area (Å²) in [6, 6.07) is 10.0. The van der Waals surface area contributed by atoms with E-state index in [1.165, 1.54) is 23.6 Å². The summed E-state index contributed by atoms with van der Waals surface area (Å²) in [6.45, 7) is 7.57. The second-order valence-electron chi connectivity index (χ2n) is 6.84. The molecule has 1 aliphatic heterocycles. The minimum absolute atomic E-state index is 0.0727. The third-order valence-electron chi connectivity index (χ3n) is 4.72. The number of carbonyl (C=O) groups is 2. The van der Waals surface area contributed by atoms with Gasteiger partial charge in [0.2, 0.25) is 0 Å². The first kappa shape index (κ1) is 18.9. The number of benzene rings is 1. The van der Waals surface area contributed by atoms with Crippen LogP contribution in [0.2, 0.25) is 0 Å². The van der Waals surface area contributed by atoms with E-state index < -0.39 is 0 Å². The predicted octanol–water partition coefficient (Wildman–Crippen LogP) is 2.49. The number of piperazine rings is 1. The standard InChI is InChI=1S/C21H26N4O2/c1-3-7-23-20(26)17-13-18(15-22-14-17)21(27)25-10-8-24(9-11-25)19-6-4-5-16(2)12-19/h4-6,12-15H,3,7-11H2,1-2H3,(H,23,26). The quantitative estimate of drug-likeness (QED) is 0.883. The van der Waals surface area contributed by atoms with Crippen LogP contribution in [0.3, 0.4) is 0 Å². The molecule has 1 aliphatic rings. The Morgan fingerprint density at radius 1 is 1.07 bits per heavy atom. The summed E-state index contributed by atoms with van der Waals surface area (Å²) in [5.41, 5.74) is 3.31. The number of nitrogens with zero attached hydrogens (tertiary/aromatic N) is 3. The van der Waals surface area contributed by atoms with E-state index in [2.05, 4.69) is 46.4 Å². The summed E-state index contributed by atoms with van der Waals surface area (Å²) < 4.78 is 0. The highest BCUT2D eigenvalue weighted by Gasteiger charge is 2.23. The summed E-state index contributed by atoms with van der Waals surface area (Å²) in [6.07, 6.45) is 3.90. The summed E-state index contributed by atoms with van der Waals surface area (Å²) >= 11 is 0. The van der Waals surface area contributed by atoms with Crippen LogP contribution in [0.5, 0.6) is 0 Å². The zero-order valence-electron chi connectivity index (χ0n) is 15.9. The molecule has 0 spiro atoms. The second-order valence-corrected chi connectivity index (χ2v) is 6.84. The van der Waals surface area contributed by atoms with Gasteiger partial charge in [0.1, 0.15) is 0 Å². The van der Waals surface area contributed by atoms with E-state index in [4.69, 9.17) is 0 Å². The number of rotatable bonds is 5. The van der Waals surface area contributed by atoms with Gasteiger partial charge in [0.15, 0.2) is 0 Å². The van der Waals surface area contributed by atoms with Crippen molar-refractivity contribution in [2.24, 2.45) is 0 Å². The van der Waals surface area contributed by atoms with Gasteiger partial charge in [-0.2, -0.15) is 0 Å². The number of pyridine rings is 1. The predicted molar refractivity (Wildman–Crippen MR) is 106 cm³/mol. The van der Waals surface area contributed by atoms with E-state index >= 15 is 0 Å². The van der Waals surface area contributed by atoms with Crippen LogP contribution in [-0.4, -0.2) is 54.4 Å². The number of anilines is 1. The first-order valence-electron chi connectivity index (χ1n) is 9.42. The zero-order valence-corrected chi connectivity index (χ0v) is 15.9. The van der Waals surface area contributed by atoms with Gasteiger partial charge in [-0.25, -0.2) is 0 Å². The molecule has 1 N–H and O–H groups in total. The number of hydrogen-bond acceptors (Lipinski definition) is 4. The lowest BCUT2D eigenvalue weighted by atomic mass is 10.1. The van der Waals surface area contributed by atoms with Gasteiger partial charge in [0.25, 0.3) is 11.8 Å². The lowest BCUT2D eigenvalue weighted by molar-refractivity contribution is 0.0746. The van der Waals surface area contributed by atoms with E-state index in [0.29, 0.717) is 30.8 Å². The fourth-order valence-corrected chi connectivity index (χ4v) is 3.20. The minimum Gasteiger partial charge on any atom is -0.368 e. The summed E-state index contributed by atoms with van der Waals surface area (Å²) in [5.74, 6) is -0.264. The highest BCUT2D eigenvalue weighted by molar-refractivity contribution is 5.99. The molecule has 0 bridgehead atoms. The van der Waals surface area contributed by atoms with Gasteiger partial charge < -0.3 is 15.1 Å². The molecule has 27 heavy (non-hydrogen) atoms. The largest absolute Gasteiger partial charge is 0.368 e. The Balaban J connectivity index is 1.63. The molecule has 1 fully saturated rings. The fraction of sp³-hybridized carbons (Fsp3) is 0.381. The molecule has 1 saturated heterocycles. The number of amides is 2. The van der Waals surface area contributed by atoms with Crippen molar-refractivity contribution in [1.29, 1.82) is 0 Å². The van der Waals surface area contributed by atoms with E-state index in [-0.39, 0.29) is 11.8 Å². The Morgan fingerprint density at radius 2 is 1.81 bits per heavy atom. The lowest BCUT2D eigenvalue weighted by Crippen LogP contribution is -2.48. The molecule has 142 valence electrons. The van der Waals surface area contributed by atoms with Gasteiger partial charge in [-0.15, -0.1) is 0 Å². The van der Waals surface area contributed by atoms with Gasteiger partial charge in [0, 0.05) is 50.8 Å². The van der Waals surface area contributed by atoms with Crippen LogP contribution in [0.15, 0.2) is 42.7 Å². The zero-order chi connectivity index (χ0) is 19.2. The molecule has 2 aromatic rings. The number of nitrogens with one attached hydrogen (secondary N) is 1. The number of aromatic nitrogens is 1. The van der Waals surface area contributed by atoms with Gasteiger partial charge in [-0.05, 0) is 37.1 Å². The molecule has 6 nitrogen and oxygen atoms in total. The van der Waals surface area contributed by atoms with Crippen molar-refractivity contribution in [1.82, 2.24) is 15.2 Å². The maximum Gasteiger partial charge on any atom is 0.255 e. The van der Waals surface area contributed by atoms with Crippen molar-refractivity contribution >= 4 is 17.5 Å². The summed E-state index contributed by atoms with van der Waals surface area (Å²) in [4.78, 5) is 33.1. The molecular formula is C21H26N4O2. The number of carbonyl (C=O) groups excluding carboxylic acids is 2. The summed E-state index contributed by atoms with van der Waals surface area (Å²) in [7, 11) is 0. The monoisotopic (exact) mass is 366 g/mol. The first-order chi connectivity index (χ1) is 13.1. The fourth-order valence-electron chi connectivity index (χ4n) is 3.20. The van der Waals surface area contributed by atoms with Crippen molar-refractivity contribution in [3.8, 4) is 0 Å². The van der Waals surface area contributed by atoms with Gasteiger partial charge in [0.05, 0.1) is 11.1 Å². The van der Waals surface area contributed by atoms with Crippen LogP contribution in [0.25, 0.3) is 0 Å². The van der Waals surface area contributed by atoms with Crippen LogP contribution in [0.1, 0.15) is 39.6 Å². The molecule has 2 heterocycles. The molecule has 0 atom stereocenters. The number of aryl methyl sites for hydroxylation is 1. The minimum atomic E-state index is -0.191. The molecule has 0 saturated carbocycles. The van der Waals surface area contributed by atoms with Crippen LogP contribution in [0, 0.1) is 6.92 Å². The summed E-state index contributed by atoms with van der Waals surface area (Å²) in [5, 5.41) is 2.81. The highest BCUT2D eigenvalue weighted by Crippen LogP contribution is 2.18. The molecule has 2 amide bonds. The van der Waals surface area contributed by atoms with Crippen molar-refractivity contribution in [2.45, 2.75) is 20.3 Å². The average Bonchev–Trinajstić information content (AvgIpc) is 2.71. The Labute approximate surface area is 160 Å². The SMILES string of the molecule is CCCNC(=O)c1cncc(C(=O)N2CCN(c3cccc(C)c3)CC2)c1. The molecule has 1 aromatic carbocycles. The van der Waals surface area contributed by atoms with Crippen LogP contribution < -0.4 is 10.2 Å². The first-order valence-corrected chi connectivity index (χ1v) is 9.42. The molecular weight excluding hydrogens is 340 g/mol. The van der Waals surface area contributed by atoms with E-state index in [0.717, 1.165) is 19.5 Å². The Kier molecular flexibility index (Phi) is 6.06. The van der Waals surface area contributed by atoms with Crippen molar-refractivity contribution in [3.05, 3.63) is 59.4 Å². The Hall–Kier alpha value is -2.89.